The van der Waals surface area contributed by atoms with Crippen LogP contribution in [-0.2, 0) is 6.18 Å². The molecule has 8 nitrogen and oxygen atoms in total. The van der Waals surface area contributed by atoms with E-state index >= 15 is 0 Å². The maximum absolute atomic E-state index is 13.5. The zero-order valence-electron chi connectivity index (χ0n) is 18.8. The zero-order chi connectivity index (χ0) is 25.2. The second-order valence-electron chi connectivity index (χ2n) is 7.90. The molecule has 1 atom stereocenters. The average Bonchev–Trinajstić information content (AvgIpc) is 3.33. The summed E-state index contributed by atoms with van der Waals surface area (Å²) in [7, 11) is 0. The summed E-state index contributed by atoms with van der Waals surface area (Å²) in [5, 5.41) is 6.58. The van der Waals surface area contributed by atoms with E-state index in [1.165, 1.54) is 24.4 Å². The molecule has 0 saturated carbocycles. The minimum Gasteiger partial charge on any atom is -0.345 e. The number of hydrogen-bond acceptors (Lipinski definition) is 5. The molecule has 0 radical (unpaired) electrons. The van der Waals surface area contributed by atoms with Gasteiger partial charge in [-0.15, -0.1) is 0 Å². The van der Waals surface area contributed by atoms with Crippen molar-refractivity contribution in [2.75, 3.05) is 0 Å². The van der Waals surface area contributed by atoms with Gasteiger partial charge >= 0.3 is 6.18 Å². The number of aromatic amines is 1. The van der Waals surface area contributed by atoms with Crippen LogP contribution in [-0.4, -0.2) is 30.6 Å². The predicted molar refractivity (Wildman–Crippen MR) is 122 cm³/mol. The number of nitrogens with one attached hydrogen (secondary N) is 2. The Labute approximate surface area is 197 Å². The Morgan fingerprint density at radius 1 is 1.14 bits per heavy atom. The van der Waals surface area contributed by atoms with Gasteiger partial charge in [-0.25, -0.2) is 9.67 Å². The summed E-state index contributed by atoms with van der Waals surface area (Å²) in [5.41, 5.74) is 2.22. The highest BCUT2D eigenvalue weighted by Gasteiger charge is 2.37. The number of H-pyrrole nitrogens is 1. The van der Waals surface area contributed by atoms with Crippen molar-refractivity contribution in [1.82, 2.24) is 30.0 Å². The van der Waals surface area contributed by atoms with Gasteiger partial charge in [-0.2, -0.15) is 18.3 Å². The molecule has 11 heteroatoms. The molecular formula is C24H21F3N6O2. The molecule has 2 N–H and O–H groups in total. The van der Waals surface area contributed by atoms with Gasteiger partial charge < -0.3 is 10.3 Å². The Hall–Kier alpha value is -4.28. The van der Waals surface area contributed by atoms with Crippen LogP contribution in [0.2, 0.25) is 0 Å². The number of amides is 1. The lowest BCUT2D eigenvalue weighted by Gasteiger charge is -2.18. The molecule has 1 unspecified atom stereocenters. The molecule has 3 aromatic heterocycles. The Morgan fingerprint density at radius 2 is 1.94 bits per heavy atom. The van der Waals surface area contributed by atoms with Crippen molar-refractivity contribution in [3.63, 3.8) is 0 Å². The molecule has 1 amide bonds. The lowest BCUT2D eigenvalue weighted by molar-refractivity contribution is -0.146. The Morgan fingerprint density at radius 3 is 2.60 bits per heavy atom. The topological polar surface area (TPSA) is 106 Å². The maximum Gasteiger partial charge on any atom is 0.451 e. The monoisotopic (exact) mass is 482 g/mol. The molecule has 0 aliphatic rings. The molecule has 180 valence electrons. The molecule has 3 heterocycles. The number of aryl methyl sites for hydroxylation is 1. The zero-order valence-corrected chi connectivity index (χ0v) is 18.8. The number of benzene rings is 1. The van der Waals surface area contributed by atoms with Crippen LogP contribution >= 0.6 is 0 Å². The van der Waals surface area contributed by atoms with Gasteiger partial charge in [0.2, 0.25) is 11.4 Å². The summed E-state index contributed by atoms with van der Waals surface area (Å²) in [6.45, 7) is 3.70. The van der Waals surface area contributed by atoms with Crippen LogP contribution in [0.3, 0.4) is 0 Å². The van der Waals surface area contributed by atoms with Crippen LogP contribution in [0, 0.1) is 6.92 Å². The number of alkyl halides is 3. The number of pyridine rings is 2. The normalized spacial score (nSPS) is 12.4. The van der Waals surface area contributed by atoms with E-state index in [0.717, 1.165) is 11.9 Å². The Kier molecular flexibility index (Phi) is 6.50. The highest BCUT2D eigenvalue weighted by Crippen LogP contribution is 2.30. The van der Waals surface area contributed by atoms with Crippen molar-refractivity contribution in [2.24, 2.45) is 0 Å². The lowest BCUT2D eigenvalue weighted by atomic mass is 10.0. The first kappa shape index (κ1) is 23.9. The molecule has 0 saturated heterocycles. The van der Waals surface area contributed by atoms with Crippen LogP contribution in [0.25, 0.3) is 16.9 Å². The van der Waals surface area contributed by atoms with E-state index in [0.29, 0.717) is 27.9 Å². The van der Waals surface area contributed by atoms with E-state index in [9.17, 15) is 22.8 Å². The van der Waals surface area contributed by atoms with Gasteiger partial charge in [0.15, 0.2) is 0 Å². The highest BCUT2D eigenvalue weighted by molar-refractivity contribution is 5.96. The fourth-order valence-corrected chi connectivity index (χ4v) is 3.62. The fourth-order valence-electron chi connectivity index (χ4n) is 3.62. The predicted octanol–water partition coefficient (Wildman–Crippen LogP) is 4.23. The number of nitrogens with zero attached hydrogens (tertiary/aromatic N) is 4. The summed E-state index contributed by atoms with van der Waals surface area (Å²) in [5.74, 6) is -1.74. The molecule has 4 aromatic rings. The van der Waals surface area contributed by atoms with Gasteiger partial charge in [-0.3, -0.25) is 14.6 Å². The summed E-state index contributed by atoms with van der Waals surface area (Å²) >= 11 is 0. The molecule has 0 fully saturated rings. The number of halogens is 3. The maximum atomic E-state index is 13.5. The number of rotatable bonds is 6. The van der Waals surface area contributed by atoms with Crippen LogP contribution < -0.4 is 10.9 Å². The van der Waals surface area contributed by atoms with E-state index in [2.05, 4.69) is 25.4 Å². The van der Waals surface area contributed by atoms with Gasteiger partial charge in [0.25, 0.3) is 5.91 Å². The van der Waals surface area contributed by atoms with Crippen molar-refractivity contribution in [2.45, 2.75) is 32.5 Å². The summed E-state index contributed by atoms with van der Waals surface area (Å²) < 4.78 is 41.1. The molecule has 35 heavy (non-hydrogen) atoms. The van der Waals surface area contributed by atoms with Crippen molar-refractivity contribution in [3.8, 4) is 16.9 Å². The van der Waals surface area contributed by atoms with Gasteiger partial charge in [0.05, 0.1) is 17.4 Å². The summed E-state index contributed by atoms with van der Waals surface area (Å²) in [6.07, 6.45) is -0.345. The molecule has 0 aliphatic carbocycles. The minimum absolute atomic E-state index is 0.00375. The van der Waals surface area contributed by atoms with Gasteiger partial charge in [0.1, 0.15) is 6.33 Å². The van der Waals surface area contributed by atoms with Crippen LogP contribution in [0.5, 0.6) is 0 Å². The number of carbonyl (C=O) groups excluding carboxylic acids is 1. The van der Waals surface area contributed by atoms with Crippen molar-refractivity contribution in [3.05, 3.63) is 94.1 Å². The third-order valence-electron chi connectivity index (χ3n) is 5.35. The minimum atomic E-state index is -4.75. The first-order chi connectivity index (χ1) is 16.7. The van der Waals surface area contributed by atoms with Crippen LogP contribution in [0.4, 0.5) is 13.2 Å². The van der Waals surface area contributed by atoms with Gasteiger partial charge in [-0.1, -0.05) is 13.0 Å². The largest absolute Gasteiger partial charge is 0.451 e. The average molecular weight is 482 g/mol. The second-order valence-corrected chi connectivity index (χ2v) is 7.90. The molecule has 0 bridgehead atoms. The molecule has 1 aromatic carbocycles. The molecular weight excluding hydrogens is 461 g/mol. The first-order valence-electron chi connectivity index (χ1n) is 10.7. The molecule has 4 rings (SSSR count). The van der Waals surface area contributed by atoms with Gasteiger partial charge in [0, 0.05) is 29.6 Å². The van der Waals surface area contributed by atoms with Crippen molar-refractivity contribution >= 4 is 5.91 Å². The standard InChI is InChI=1S/C24H21F3N6O2/c1-3-19(15-6-7-28-21(34)11-15)32-22(35)17-8-16(20-5-4-14(2)12-29-20)9-18(10-17)33-23(24(25,26)27)30-13-31-33/h4-13,19H,3H2,1-2H3,(H,28,34)(H,32,35). The number of aromatic nitrogens is 5. The van der Waals surface area contributed by atoms with E-state index < -0.39 is 23.9 Å². The van der Waals surface area contributed by atoms with E-state index in [1.807, 2.05) is 19.9 Å². The van der Waals surface area contributed by atoms with E-state index in [4.69, 9.17) is 0 Å². The van der Waals surface area contributed by atoms with E-state index in [-0.39, 0.29) is 16.8 Å². The summed E-state index contributed by atoms with van der Waals surface area (Å²) in [6, 6.07) is 10.4. The Balaban J connectivity index is 1.78. The first-order valence-corrected chi connectivity index (χ1v) is 10.7. The SMILES string of the molecule is CCC(NC(=O)c1cc(-c2ccc(C)cn2)cc(-n2ncnc2C(F)(F)F)c1)c1cc[nH]c(=O)c1. The van der Waals surface area contributed by atoms with Crippen LogP contribution in [0.1, 0.15) is 46.7 Å². The Bertz CT molecular complexity index is 1410. The molecule has 0 aliphatic heterocycles. The quantitative estimate of drug-likeness (QED) is 0.428. The smallest absolute Gasteiger partial charge is 0.345 e. The third kappa shape index (κ3) is 5.29. The fraction of sp³-hybridized carbons (Fsp3) is 0.208. The number of hydrogen-bond donors (Lipinski definition) is 2. The van der Waals surface area contributed by atoms with Gasteiger partial charge in [-0.05, 0) is 54.8 Å². The highest BCUT2D eigenvalue weighted by atomic mass is 19.4. The van der Waals surface area contributed by atoms with Crippen molar-refractivity contribution in [1.29, 1.82) is 0 Å². The third-order valence-corrected chi connectivity index (χ3v) is 5.35. The summed E-state index contributed by atoms with van der Waals surface area (Å²) in [4.78, 5) is 35.1. The lowest BCUT2D eigenvalue weighted by Crippen LogP contribution is -2.29. The van der Waals surface area contributed by atoms with E-state index in [1.54, 1.807) is 24.4 Å². The van der Waals surface area contributed by atoms with Crippen molar-refractivity contribution < 1.29 is 18.0 Å². The van der Waals surface area contributed by atoms with Crippen LogP contribution in [0.15, 0.2) is 66.0 Å². The molecule has 0 spiro atoms. The second kappa shape index (κ2) is 9.53. The number of carbonyl (C=O) groups is 1.